The number of carbonyl (C=O) groups excluding carboxylic acids is 17. The van der Waals surface area contributed by atoms with Crippen LogP contribution in [0.25, 0.3) is 10.9 Å². The van der Waals surface area contributed by atoms with Gasteiger partial charge in [-0.15, -0.1) is 11.8 Å². The second-order valence-corrected chi connectivity index (χ2v) is 34.5. The van der Waals surface area contributed by atoms with Gasteiger partial charge in [-0.05, 0) is 92.7 Å². The molecule has 2 fully saturated rings. The summed E-state index contributed by atoms with van der Waals surface area (Å²) in [7, 11) is 7.98. The Morgan fingerprint density at radius 2 is 1.16 bits per heavy atom. The molecule has 2 aliphatic heterocycles. The molecule has 43 nitrogen and oxygen atoms in total. The van der Waals surface area contributed by atoms with Crippen LogP contribution >= 0.6 is 11.8 Å². The standard InChI is InChI=1S/C89H129N23O20S/c1-12-14-28-67-82(124)101-58(27-21-33-95-89(92)93)78(120)107-66(77(119)97-44-73(91)115)47-133-48-75(117)100-62(36-52-23-17-16-18-24-52)85(127)109(7)51(5)76(118)103-64(41-72(90)114)87(129)112-34-22-30-68(112)83(125)102-60(40-55-43-94-49-98-55)80(122)104-61(35-50(3)4)84(126)108(6)45-74(116)99-59(37-53-31-32-70(131-10)71(38-53)132-11)79(121)106-65(46-113)81(123)105-63(39-54-42-96-57-26-20-19-25-56(54)57)86(128)111(9)69(29-15-13-2)88(130)110(67)8/h16-20,23-26,31-32,38,42-43,49-51,58-69,96,113H,12-15,21-22,27-30,33-37,39-41,44-48H2,1-11H3,(H2,90,114)(H2,91,115)(H,94,98)(H,97,119)(H,99,116)(H,100,117)(H,101,124)(H,102,125)(H,103,118)(H,104,122)(H,105,123)(H,106,121)(H,107,120)(H4,92,93,95)/t51-,58-,59-,60-,61-,62-,63-,64-,65-,66-,67-,68-,69-/m0/s1. The molecule has 2 aliphatic rings. The predicted molar refractivity (Wildman–Crippen MR) is 491 cm³/mol. The average molecular weight is 1870 g/mol. The van der Waals surface area contributed by atoms with Crippen LogP contribution in [0.15, 0.2) is 91.5 Å². The van der Waals surface area contributed by atoms with E-state index in [9.17, 15) is 62.6 Å². The van der Waals surface area contributed by atoms with Crippen molar-refractivity contribution >= 4 is 129 Å². The fourth-order valence-corrected chi connectivity index (χ4v) is 16.4. The second-order valence-electron chi connectivity index (χ2n) is 33.5. The summed E-state index contributed by atoms with van der Waals surface area (Å²) in [6.45, 7) is 5.82. The van der Waals surface area contributed by atoms with Crippen LogP contribution in [0.4, 0.5) is 0 Å². The molecule has 3 aromatic carbocycles. The number of ether oxygens (including phenoxy) is 2. The first kappa shape index (κ1) is 107. The number of primary amides is 2. The van der Waals surface area contributed by atoms with E-state index in [1.807, 2.05) is 13.8 Å². The molecule has 2 saturated heterocycles. The number of fused-ring (bicyclic) bond motifs is 2. The van der Waals surface area contributed by atoms with Crippen LogP contribution in [0, 0.1) is 11.3 Å². The number of para-hydroxylation sites is 1. The molecule has 2 aromatic heterocycles. The van der Waals surface area contributed by atoms with Crippen LogP contribution in [-0.2, 0) is 107 Å². The number of aromatic amines is 2. The number of hydrogen-bond donors (Lipinski definition) is 18. The Labute approximate surface area is 775 Å². The van der Waals surface area contributed by atoms with E-state index >= 15 is 24.0 Å². The molecule has 17 amide bonds. The van der Waals surface area contributed by atoms with Gasteiger partial charge in [-0.1, -0.05) is 108 Å². The van der Waals surface area contributed by atoms with Crippen LogP contribution in [0.1, 0.15) is 134 Å². The first-order chi connectivity index (χ1) is 63.3. The van der Waals surface area contributed by atoms with E-state index < -0.39 is 223 Å². The largest absolute Gasteiger partial charge is 0.493 e. The van der Waals surface area contributed by atoms with Crippen molar-refractivity contribution in [2.24, 2.45) is 23.1 Å². The van der Waals surface area contributed by atoms with E-state index in [4.69, 9.17) is 32.1 Å². The first-order valence-corrected chi connectivity index (χ1v) is 45.4. The fraction of sp³-hybridized carbons (Fsp3) is 0.539. The van der Waals surface area contributed by atoms with Crippen molar-refractivity contribution in [1.29, 1.82) is 5.41 Å². The molecule has 0 aliphatic carbocycles. The monoisotopic (exact) mass is 1870 g/mol. The number of nitrogens with zero attached hydrogens (tertiary/aromatic N) is 6. The first-order valence-electron chi connectivity index (χ1n) is 44.3. The van der Waals surface area contributed by atoms with E-state index in [-0.39, 0.29) is 95.4 Å². The number of unbranched alkanes of at least 4 members (excludes halogenated alkanes) is 2. The Morgan fingerprint density at radius 1 is 0.571 bits per heavy atom. The fourth-order valence-electron chi connectivity index (χ4n) is 15.5. The van der Waals surface area contributed by atoms with Gasteiger partial charge in [-0.3, -0.25) is 86.9 Å². The minimum atomic E-state index is -1.88. The maximum atomic E-state index is 15.7. The van der Waals surface area contributed by atoms with Crippen molar-refractivity contribution in [1.82, 2.24) is 97.9 Å². The number of thioether (sulfide) groups is 1. The van der Waals surface area contributed by atoms with Crippen molar-refractivity contribution in [2.45, 2.75) is 216 Å². The third-order valence-corrected chi connectivity index (χ3v) is 24.0. The number of H-pyrrole nitrogens is 2. The molecule has 0 saturated carbocycles. The number of likely N-dealkylation sites (N-methyl/N-ethyl adjacent to an activating group) is 4. The average Bonchev–Trinajstić information content (AvgIpc) is 1.74. The van der Waals surface area contributed by atoms with Gasteiger partial charge in [0.15, 0.2) is 17.5 Å². The third-order valence-electron chi connectivity index (χ3n) is 22.9. The molecule has 5 aromatic rings. The van der Waals surface area contributed by atoms with Gasteiger partial charge >= 0.3 is 0 Å². The van der Waals surface area contributed by atoms with Gasteiger partial charge in [-0.2, -0.15) is 0 Å². The summed E-state index contributed by atoms with van der Waals surface area (Å²) >= 11 is 0.791. The van der Waals surface area contributed by atoms with Crippen molar-refractivity contribution in [3.05, 3.63) is 114 Å². The summed E-state index contributed by atoms with van der Waals surface area (Å²) in [5.74, 6) is -16.8. The maximum absolute atomic E-state index is 15.7. The summed E-state index contributed by atoms with van der Waals surface area (Å²) in [4.78, 5) is 264. The van der Waals surface area contributed by atoms with E-state index in [0.29, 0.717) is 64.7 Å². The number of carbonyl (C=O) groups is 17. The summed E-state index contributed by atoms with van der Waals surface area (Å²) in [6, 6.07) is 0.225. The number of hydrogen-bond acceptors (Lipinski definition) is 23. The lowest BCUT2D eigenvalue weighted by molar-refractivity contribution is -0.149. The molecule has 13 atom stereocenters. The second kappa shape index (κ2) is 52.6. The minimum absolute atomic E-state index is 0.00332. The van der Waals surface area contributed by atoms with Crippen LogP contribution in [-0.4, -0.2) is 316 Å². The van der Waals surface area contributed by atoms with Crippen LogP contribution < -0.4 is 85.2 Å². The Kier molecular flexibility index (Phi) is 42.1. The normalized spacial score (nSPS) is 23.3. The summed E-state index contributed by atoms with van der Waals surface area (Å²) in [5, 5.41) is 48.6. The Morgan fingerprint density at radius 3 is 1.80 bits per heavy atom. The number of benzene rings is 3. The number of aromatic nitrogens is 3. The predicted octanol–water partition coefficient (Wildman–Crippen LogP) is -2.60. The molecule has 44 heteroatoms. The molecule has 0 bridgehead atoms. The zero-order valence-electron chi connectivity index (χ0n) is 77.0. The molecule has 0 radical (unpaired) electrons. The number of imidazole rings is 1. The number of methoxy groups -OCH3 is 2. The number of aliphatic hydroxyl groups excluding tert-OH is 1. The lowest BCUT2D eigenvalue weighted by Gasteiger charge is -2.36. The molecule has 21 N–H and O–H groups in total. The molecular formula is C89H129N23O20S. The SMILES string of the molecule is CCCC[C@H]1C(=O)N(C)[C@@H](CCCC)C(=O)N[C@@H](CCCNC(=N)N)C(=O)N[C@H](C(=O)NCC(N)=O)CSCC(=O)N[C@@H](Cc2ccccc2)C(=O)N(C)[C@@H](C)C(=O)N[C@@H](CC(N)=O)C(=O)N2CCC[C@H]2C(=O)N[C@@H](Cc2cnc[nH]2)C(=O)N[C@@H](CC(C)C)C(=O)N(C)CC(=O)N[C@@H](Cc2ccc(OC)c(OC)c2)C(=O)N[C@@H](CO)C(=O)N[C@@H](Cc2c[nH]c3ccccc23)C(=O)N1C. The number of nitrogens with one attached hydrogen (secondary N) is 14. The van der Waals surface area contributed by atoms with E-state index in [1.165, 1.54) is 74.0 Å². The van der Waals surface area contributed by atoms with Gasteiger partial charge in [0, 0.05) is 102 Å². The highest BCUT2D eigenvalue weighted by molar-refractivity contribution is 8.00. The van der Waals surface area contributed by atoms with Gasteiger partial charge in [0.1, 0.15) is 78.5 Å². The highest BCUT2D eigenvalue weighted by atomic mass is 32.2. The third kappa shape index (κ3) is 32.0. The van der Waals surface area contributed by atoms with E-state index in [1.54, 1.807) is 80.7 Å². The summed E-state index contributed by atoms with van der Waals surface area (Å²) < 4.78 is 11.0. The van der Waals surface area contributed by atoms with Gasteiger partial charge in [0.25, 0.3) is 0 Å². The topological polar surface area (TPSA) is 624 Å². The lowest BCUT2D eigenvalue weighted by atomic mass is 10.00. The number of guanidine groups is 1. The number of amides is 17. The van der Waals surface area contributed by atoms with Crippen LogP contribution in [0.5, 0.6) is 11.5 Å². The van der Waals surface area contributed by atoms with Crippen molar-refractivity contribution in [3.8, 4) is 11.5 Å². The highest BCUT2D eigenvalue weighted by Gasteiger charge is 2.44. The molecule has 0 unspecified atom stereocenters. The molecule has 726 valence electrons. The quantitative estimate of drug-likeness (QED) is 0.0139. The number of nitrogens with two attached hydrogens (primary N) is 3. The Balaban J connectivity index is 1.31. The molecule has 133 heavy (non-hydrogen) atoms. The zero-order valence-corrected chi connectivity index (χ0v) is 77.9. The Bertz CT molecular complexity index is 4890. The van der Waals surface area contributed by atoms with Crippen molar-refractivity contribution in [3.63, 3.8) is 0 Å². The summed E-state index contributed by atoms with van der Waals surface area (Å²) in [6.07, 6.45) is 4.16. The van der Waals surface area contributed by atoms with Crippen molar-refractivity contribution < 1.29 is 96.1 Å². The van der Waals surface area contributed by atoms with Gasteiger partial charge in [-0.25, -0.2) is 4.98 Å². The highest BCUT2D eigenvalue weighted by Crippen LogP contribution is 2.30. The van der Waals surface area contributed by atoms with Crippen LogP contribution in [0.3, 0.4) is 0 Å². The number of rotatable bonds is 28. The lowest BCUT2D eigenvalue weighted by Crippen LogP contribution is -2.61. The zero-order chi connectivity index (χ0) is 97.9. The summed E-state index contributed by atoms with van der Waals surface area (Å²) in [5.41, 5.74) is 19.2. The van der Waals surface area contributed by atoms with E-state index in [0.717, 1.165) is 36.3 Å². The van der Waals surface area contributed by atoms with Gasteiger partial charge < -0.3 is 125 Å². The smallest absolute Gasteiger partial charge is 0.246 e. The molecule has 0 spiro atoms. The molecular weight excluding hydrogens is 1740 g/mol. The maximum Gasteiger partial charge on any atom is 0.246 e. The number of aliphatic hydroxyl groups is 1. The Hall–Kier alpha value is -13.4. The van der Waals surface area contributed by atoms with Crippen molar-refractivity contribution in [2.75, 3.05) is 86.7 Å². The van der Waals surface area contributed by atoms with Gasteiger partial charge in [0.05, 0.1) is 52.4 Å². The molecule has 7 rings (SSSR count). The van der Waals surface area contributed by atoms with E-state index in [2.05, 4.69) is 73.4 Å². The minimum Gasteiger partial charge on any atom is -0.493 e. The van der Waals surface area contributed by atoms with Gasteiger partial charge in [0.2, 0.25) is 100 Å². The van der Waals surface area contributed by atoms with Crippen LogP contribution in [0.2, 0.25) is 0 Å². The molecule has 4 heterocycles.